The lowest BCUT2D eigenvalue weighted by molar-refractivity contribution is 0.405. The number of halogens is 1. The average Bonchev–Trinajstić information content (AvgIpc) is 2.19. The van der Waals surface area contributed by atoms with Gasteiger partial charge in [0.1, 0.15) is 11.5 Å². The molecule has 1 heterocycles. The summed E-state index contributed by atoms with van der Waals surface area (Å²) in [6.45, 7) is 1.29. The average molecular weight is 213 g/mol. The van der Waals surface area contributed by atoms with Crippen LogP contribution in [0.3, 0.4) is 0 Å². The van der Waals surface area contributed by atoms with Gasteiger partial charge < -0.3 is 9.85 Å². The first-order chi connectivity index (χ1) is 6.71. The van der Waals surface area contributed by atoms with Crippen molar-refractivity contribution in [2.75, 3.05) is 25.4 Å². The van der Waals surface area contributed by atoms with Crippen LogP contribution in [-0.4, -0.2) is 25.4 Å². The Bertz CT molecular complexity index is 308. The first-order valence-electron chi connectivity index (χ1n) is 4.76. The standard InChI is InChI=1S/C10H13FNOP/c11-9-1-3-10(4-2-9)12(13)5-7-14-8-6-12/h1-4,14H,5-8H2. The van der Waals surface area contributed by atoms with Crippen LogP contribution in [0.1, 0.15) is 0 Å². The van der Waals surface area contributed by atoms with Crippen LogP contribution in [0.15, 0.2) is 24.3 Å². The monoisotopic (exact) mass is 213 g/mol. The Kier molecular flexibility index (Phi) is 2.82. The largest absolute Gasteiger partial charge is 0.627 e. The van der Waals surface area contributed by atoms with Crippen molar-refractivity contribution in [2.45, 2.75) is 0 Å². The van der Waals surface area contributed by atoms with Crippen molar-refractivity contribution in [3.8, 4) is 0 Å². The van der Waals surface area contributed by atoms with Crippen molar-refractivity contribution in [3.63, 3.8) is 0 Å². The molecule has 1 aromatic rings. The molecule has 0 spiro atoms. The molecule has 1 fully saturated rings. The van der Waals surface area contributed by atoms with Crippen LogP contribution < -0.4 is 4.65 Å². The predicted octanol–water partition coefficient (Wildman–Crippen LogP) is 2.32. The molecule has 76 valence electrons. The minimum absolute atomic E-state index is 0.271. The Balaban J connectivity index is 2.23. The zero-order chi connectivity index (χ0) is 10.0. The second-order valence-corrected chi connectivity index (χ2v) is 5.06. The minimum atomic E-state index is -0.278. The van der Waals surface area contributed by atoms with Gasteiger partial charge in [-0.1, -0.05) is 0 Å². The van der Waals surface area contributed by atoms with Gasteiger partial charge in [-0.25, -0.2) is 4.39 Å². The maximum Gasteiger partial charge on any atom is 0.133 e. The third kappa shape index (κ3) is 1.95. The lowest BCUT2D eigenvalue weighted by Crippen LogP contribution is -2.48. The van der Waals surface area contributed by atoms with Crippen LogP contribution in [-0.2, 0) is 0 Å². The molecular formula is C10H13FNOP. The number of benzene rings is 1. The highest BCUT2D eigenvalue weighted by Gasteiger charge is 2.23. The molecule has 1 aliphatic heterocycles. The van der Waals surface area contributed by atoms with Crippen molar-refractivity contribution >= 4 is 14.3 Å². The van der Waals surface area contributed by atoms with Gasteiger partial charge >= 0.3 is 0 Å². The molecule has 14 heavy (non-hydrogen) atoms. The van der Waals surface area contributed by atoms with Crippen LogP contribution in [0.4, 0.5) is 10.1 Å². The van der Waals surface area contributed by atoms with E-state index < -0.39 is 0 Å². The van der Waals surface area contributed by atoms with Gasteiger partial charge in [0, 0.05) is 24.5 Å². The third-order valence-electron chi connectivity index (χ3n) is 2.60. The van der Waals surface area contributed by atoms with Crippen molar-refractivity contribution in [1.29, 1.82) is 0 Å². The van der Waals surface area contributed by atoms with E-state index in [9.17, 15) is 9.60 Å². The topological polar surface area (TPSA) is 23.1 Å². The van der Waals surface area contributed by atoms with Crippen LogP contribution in [0.2, 0.25) is 0 Å². The summed E-state index contributed by atoms with van der Waals surface area (Å²) in [5, 5.41) is 12.3. The van der Waals surface area contributed by atoms with Crippen LogP contribution >= 0.6 is 8.58 Å². The summed E-state index contributed by atoms with van der Waals surface area (Å²) in [5.74, 6) is -0.278. The number of nitrogens with zero attached hydrogens (tertiary/aromatic N) is 1. The first kappa shape index (κ1) is 10.0. The molecule has 1 saturated heterocycles. The number of quaternary nitrogens is 1. The second kappa shape index (κ2) is 3.93. The third-order valence-corrected chi connectivity index (χ3v) is 3.75. The fourth-order valence-electron chi connectivity index (χ4n) is 1.73. The van der Waals surface area contributed by atoms with Crippen LogP contribution in [0, 0.1) is 11.0 Å². The zero-order valence-corrected chi connectivity index (χ0v) is 8.87. The van der Waals surface area contributed by atoms with Crippen LogP contribution in [0.25, 0.3) is 0 Å². The molecule has 1 aromatic carbocycles. The van der Waals surface area contributed by atoms with E-state index in [0.717, 1.165) is 20.9 Å². The second-order valence-electron chi connectivity index (χ2n) is 3.56. The molecule has 0 bridgehead atoms. The van der Waals surface area contributed by atoms with E-state index in [-0.39, 0.29) is 10.5 Å². The molecule has 0 amide bonds. The van der Waals surface area contributed by atoms with E-state index in [1.54, 1.807) is 12.1 Å². The van der Waals surface area contributed by atoms with Gasteiger partial charge in [0.15, 0.2) is 0 Å². The Morgan fingerprint density at radius 3 is 2.29 bits per heavy atom. The van der Waals surface area contributed by atoms with Crippen molar-refractivity contribution in [3.05, 3.63) is 35.3 Å². The summed E-state index contributed by atoms with van der Waals surface area (Å²) in [6, 6.07) is 5.95. The first-order valence-corrected chi connectivity index (χ1v) is 6.17. The highest BCUT2D eigenvalue weighted by molar-refractivity contribution is 7.38. The fourth-order valence-corrected chi connectivity index (χ4v) is 3.02. The quantitative estimate of drug-likeness (QED) is 0.399. The molecule has 4 heteroatoms. The summed E-state index contributed by atoms with van der Waals surface area (Å²) < 4.78 is 12.4. The maximum absolute atomic E-state index is 12.7. The Labute approximate surface area is 84.7 Å². The Morgan fingerprint density at radius 2 is 1.71 bits per heavy atom. The van der Waals surface area contributed by atoms with Gasteiger partial charge in [-0.3, -0.25) is 0 Å². The SMILES string of the molecule is [O-][N+]1(c2ccc(F)cc2)CCPCC1. The van der Waals surface area contributed by atoms with Gasteiger partial charge in [-0.2, -0.15) is 0 Å². The molecule has 0 atom stereocenters. The van der Waals surface area contributed by atoms with E-state index in [4.69, 9.17) is 0 Å². The Morgan fingerprint density at radius 1 is 1.14 bits per heavy atom. The number of hydrogen-bond donors (Lipinski definition) is 0. The number of rotatable bonds is 1. The highest BCUT2D eigenvalue weighted by atomic mass is 31.1. The lowest BCUT2D eigenvalue weighted by atomic mass is 10.2. The summed E-state index contributed by atoms with van der Waals surface area (Å²) >= 11 is 0. The molecule has 2 nitrogen and oxygen atoms in total. The molecule has 2 rings (SSSR count). The van der Waals surface area contributed by atoms with Gasteiger partial charge in [0.25, 0.3) is 0 Å². The predicted molar refractivity (Wildman–Crippen MR) is 59.3 cm³/mol. The van der Waals surface area contributed by atoms with E-state index >= 15 is 0 Å². The summed E-state index contributed by atoms with van der Waals surface area (Å²) in [6.07, 6.45) is 2.00. The van der Waals surface area contributed by atoms with E-state index in [1.165, 1.54) is 12.1 Å². The minimum Gasteiger partial charge on any atom is -0.627 e. The summed E-state index contributed by atoms with van der Waals surface area (Å²) in [5.41, 5.74) is 0.691. The van der Waals surface area contributed by atoms with Crippen LogP contribution in [0.5, 0.6) is 0 Å². The van der Waals surface area contributed by atoms with Crippen molar-refractivity contribution in [1.82, 2.24) is 4.65 Å². The molecule has 0 aliphatic carbocycles. The molecule has 0 radical (unpaired) electrons. The van der Waals surface area contributed by atoms with Crippen molar-refractivity contribution < 1.29 is 4.39 Å². The lowest BCUT2D eigenvalue weighted by Gasteiger charge is -2.44. The molecule has 0 N–H and O–H groups in total. The van der Waals surface area contributed by atoms with E-state index in [1.807, 2.05) is 0 Å². The van der Waals surface area contributed by atoms with E-state index in [2.05, 4.69) is 0 Å². The molecule has 0 saturated carbocycles. The zero-order valence-electron chi connectivity index (χ0n) is 7.87. The Hall–Kier alpha value is -0.500. The maximum atomic E-state index is 12.7. The normalized spacial score (nSPS) is 29.3. The van der Waals surface area contributed by atoms with Gasteiger partial charge in [-0.15, -0.1) is 8.58 Å². The number of hydrogen-bond acceptors (Lipinski definition) is 1. The van der Waals surface area contributed by atoms with Gasteiger partial charge in [0.05, 0.1) is 13.1 Å². The molecule has 0 aromatic heterocycles. The highest BCUT2D eigenvalue weighted by Crippen LogP contribution is 2.28. The summed E-state index contributed by atoms with van der Waals surface area (Å²) in [7, 11) is 0.921. The van der Waals surface area contributed by atoms with Crippen molar-refractivity contribution in [2.24, 2.45) is 0 Å². The molecular weight excluding hydrogens is 200 g/mol. The van der Waals surface area contributed by atoms with Gasteiger partial charge in [0.2, 0.25) is 0 Å². The smallest absolute Gasteiger partial charge is 0.133 e. The molecule has 1 aliphatic rings. The molecule has 0 unspecified atom stereocenters. The number of hydroxylamine groups is 2. The van der Waals surface area contributed by atoms with Gasteiger partial charge in [-0.05, 0) is 12.1 Å². The van der Waals surface area contributed by atoms with E-state index in [0.29, 0.717) is 18.8 Å². The fraction of sp³-hybridized carbons (Fsp3) is 0.400. The summed E-state index contributed by atoms with van der Waals surface area (Å²) in [4.78, 5) is 0.